The maximum atomic E-state index is 14.0. The molecule has 0 saturated heterocycles. The lowest BCUT2D eigenvalue weighted by molar-refractivity contribution is -0.120. The lowest BCUT2D eigenvalue weighted by Crippen LogP contribution is -2.29. The van der Waals surface area contributed by atoms with Crippen LogP contribution < -0.4 is 5.32 Å². The van der Waals surface area contributed by atoms with E-state index in [9.17, 15) is 13.6 Å². The minimum Gasteiger partial charge on any atom is -0.344 e. The molecule has 1 atom stereocenters. The number of nitriles is 1. The van der Waals surface area contributed by atoms with Gasteiger partial charge in [-0.05, 0) is 29.8 Å². The third kappa shape index (κ3) is 3.60. The monoisotopic (exact) mass is 320 g/mol. The molecule has 0 aliphatic heterocycles. The predicted molar refractivity (Wildman–Crippen MR) is 78.0 cm³/mol. The zero-order valence-electron chi connectivity index (χ0n) is 11.3. The van der Waals surface area contributed by atoms with Gasteiger partial charge in [0.15, 0.2) is 0 Å². The van der Waals surface area contributed by atoms with E-state index in [-0.39, 0.29) is 5.56 Å². The quantitative estimate of drug-likeness (QED) is 0.933. The standard InChI is InChI=1S/C16H11ClF2N2O/c17-13-4-2-1-3-11(13)16(21-15(22)7-8-20)12-9-10(18)5-6-14(12)19/h1-6,9,16H,7H2,(H,21,22)/t16-/m1/s1. The van der Waals surface area contributed by atoms with E-state index in [2.05, 4.69) is 5.32 Å². The first-order valence-corrected chi connectivity index (χ1v) is 6.76. The normalized spacial score (nSPS) is 11.5. The molecule has 3 nitrogen and oxygen atoms in total. The Morgan fingerprint density at radius 1 is 1.23 bits per heavy atom. The number of nitrogens with zero attached hydrogens (tertiary/aromatic N) is 1. The van der Waals surface area contributed by atoms with Crippen LogP contribution in [0.5, 0.6) is 0 Å². The van der Waals surface area contributed by atoms with Crippen molar-refractivity contribution in [3.05, 3.63) is 70.2 Å². The second kappa shape index (κ2) is 7.01. The van der Waals surface area contributed by atoms with Gasteiger partial charge in [0.25, 0.3) is 0 Å². The van der Waals surface area contributed by atoms with Crippen molar-refractivity contribution in [3.63, 3.8) is 0 Å². The predicted octanol–water partition coefficient (Wildman–Crippen LogP) is 3.74. The van der Waals surface area contributed by atoms with E-state index in [0.29, 0.717) is 10.6 Å². The zero-order valence-corrected chi connectivity index (χ0v) is 12.1. The highest BCUT2D eigenvalue weighted by molar-refractivity contribution is 6.31. The molecule has 2 rings (SSSR count). The smallest absolute Gasteiger partial charge is 0.234 e. The molecular weight excluding hydrogens is 310 g/mol. The van der Waals surface area contributed by atoms with Crippen LogP contribution in [0.25, 0.3) is 0 Å². The molecule has 1 N–H and O–H groups in total. The lowest BCUT2D eigenvalue weighted by Gasteiger charge is -2.21. The van der Waals surface area contributed by atoms with Crippen molar-refractivity contribution in [1.82, 2.24) is 5.32 Å². The average Bonchev–Trinajstić information content (AvgIpc) is 2.49. The van der Waals surface area contributed by atoms with Crippen molar-refractivity contribution in [1.29, 1.82) is 5.26 Å². The van der Waals surface area contributed by atoms with Gasteiger partial charge in [-0.1, -0.05) is 29.8 Å². The van der Waals surface area contributed by atoms with E-state index >= 15 is 0 Å². The maximum absolute atomic E-state index is 14.0. The highest BCUT2D eigenvalue weighted by Crippen LogP contribution is 2.30. The molecule has 0 fully saturated rings. The van der Waals surface area contributed by atoms with Gasteiger partial charge >= 0.3 is 0 Å². The summed E-state index contributed by atoms with van der Waals surface area (Å²) in [6.07, 6.45) is -0.391. The van der Waals surface area contributed by atoms with E-state index in [1.807, 2.05) is 0 Å². The Morgan fingerprint density at radius 3 is 2.64 bits per heavy atom. The van der Waals surface area contributed by atoms with E-state index in [1.54, 1.807) is 30.3 Å². The van der Waals surface area contributed by atoms with Crippen LogP contribution in [-0.4, -0.2) is 5.91 Å². The lowest BCUT2D eigenvalue weighted by atomic mass is 9.97. The first-order chi connectivity index (χ1) is 10.5. The minimum absolute atomic E-state index is 0.0561. The molecule has 0 spiro atoms. The van der Waals surface area contributed by atoms with Gasteiger partial charge in [-0.25, -0.2) is 8.78 Å². The number of benzene rings is 2. The van der Waals surface area contributed by atoms with Crippen molar-refractivity contribution < 1.29 is 13.6 Å². The van der Waals surface area contributed by atoms with Crippen molar-refractivity contribution >= 4 is 17.5 Å². The summed E-state index contributed by atoms with van der Waals surface area (Å²) in [5.74, 6) is -1.91. The Morgan fingerprint density at radius 2 is 1.95 bits per heavy atom. The van der Waals surface area contributed by atoms with Gasteiger partial charge in [0, 0.05) is 10.6 Å². The number of nitrogens with one attached hydrogen (secondary N) is 1. The fraction of sp³-hybridized carbons (Fsp3) is 0.125. The van der Waals surface area contributed by atoms with E-state index in [0.717, 1.165) is 18.2 Å². The molecule has 22 heavy (non-hydrogen) atoms. The molecule has 112 valence electrons. The van der Waals surface area contributed by atoms with Crippen LogP contribution in [0.1, 0.15) is 23.6 Å². The summed E-state index contributed by atoms with van der Waals surface area (Å²) < 4.78 is 27.5. The van der Waals surface area contributed by atoms with E-state index < -0.39 is 30.0 Å². The van der Waals surface area contributed by atoms with Crippen LogP contribution in [0.4, 0.5) is 8.78 Å². The second-order valence-electron chi connectivity index (χ2n) is 4.52. The molecule has 0 radical (unpaired) electrons. The Kier molecular flexibility index (Phi) is 5.08. The van der Waals surface area contributed by atoms with Crippen LogP contribution in [-0.2, 0) is 4.79 Å². The summed E-state index contributed by atoms with van der Waals surface area (Å²) >= 11 is 6.09. The first-order valence-electron chi connectivity index (χ1n) is 6.38. The van der Waals surface area contributed by atoms with Crippen molar-refractivity contribution in [2.24, 2.45) is 0 Å². The van der Waals surface area contributed by atoms with E-state index in [1.165, 1.54) is 0 Å². The fourth-order valence-corrected chi connectivity index (χ4v) is 2.30. The molecule has 2 aromatic rings. The molecule has 0 unspecified atom stereocenters. The van der Waals surface area contributed by atoms with Gasteiger partial charge in [-0.2, -0.15) is 5.26 Å². The SMILES string of the molecule is N#CCC(=O)N[C@@H](c1cc(F)ccc1F)c1ccccc1Cl. The second-order valence-corrected chi connectivity index (χ2v) is 4.93. The number of hydrogen-bond donors (Lipinski definition) is 1. The summed E-state index contributed by atoms with van der Waals surface area (Å²) in [5.41, 5.74) is 0.361. The summed E-state index contributed by atoms with van der Waals surface area (Å²) in [7, 11) is 0. The molecular formula is C16H11ClF2N2O. The fourth-order valence-electron chi connectivity index (χ4n) is 2.05. The maximum Gasteiger partial charge on any atom is 0.234 e. The highest BCUT2D eigenvalue weighted by Gasteiger charge is 2.22. The Hall–Kier alpha value is -2.45. The van der Waals surface area contributed by atoms with Gasteiger partial charge < -0.3 is 5.32 Å². The number of halogens is 3. The summed E-state index contributed by atoms with van der Waals surface area (Å²) in [6.45, 7) is 0. The molecule has 0 saturated carbocycles. The van der Waals surface area contributed by atoms with Gasteiger partial charge in [0.1, 0.15) is 18.1 Å². The van der Waals surface area contributed by atoms with Crippen LogP contribution >= 0.6 is 11.6 Å². The number of carbonyl (C=O) groups is 1. The third-order valence-corrected chi connectivity index (χ3v) is 3.37. The average molecular weight is 321 g/mol. The van der Waals surface area contributed by atoms with E-state index in [4.69, 9.17) is 16.9 Å². The highest BCUT2D eigenvalue weighted by atomic mass is 35.5. The minimum atomic E-state index is -0.981. The number of amides is 1. The van der Waals surface area contributed by atoms with Gasteiger partial charge in [-0.15, -0.1) is 0 Å². The van der Waals surface area contributed by atoms with Crippen LogP contribution in [0, 0.1) is 23.0 Å². The zero-order chi connectivity index (χ0) is 16.1. The van der Waals surface area contributed by atoms with Crippen LogP contribution in [0.2, 0.25) is 5.02 Å². The molecule has 0 aliphatic carbocycles. The molecule has 2 aromatic carbocycles. The third-order valence-electron chi connectivity index (χ3n) is 3.03. The Labute approximate surface area is 131 Å². The molecule has 0 aromatic heterocycles. The topological polar surface area (TPSA) is 52.9 Å². The first kappa shape index (κ1) is 15.9. The van der Waals surface area contributed by atoms with Gasteiger partial charge in [0.2, 0.25) is 5.91 Å². The van der Waals surface area contributed by atoms with Crippen LogP contribution in [0.3, 0.4) is 0 Å². The molecule has 0 bridgehead atoms. The van der Waals surface area contributed by atoms with Crippen molar-refractivity contribution in [2.75, 3.05) is 0 Å². The number of hydrogen-bond acceptors (Lipinski definition) is 2. The molecule has 0 heterocycles. The van der Waals surface area contributed by atoms with Gasteiger partial charge in [0.05, 0.1) is 12.1 Å². The number of rotatable bonds is 4. The summed E-state index contributed by atoms with van der Waals surface area (Å²) in [6, 6.07) is 10.2. The molecule has 0 aliphatic rings. The van der Waals surface area contributed by atoms with Crippen molar-refractivity contribution in [2.45, 2.75) is 12.5 Å². The largest absolute Gasteiger partial charge is 0.344 e. The summed E-state index contributed by atoms with van der Waals surface area (Å²) in [4.78, 5) is 11.7. The Balaban J connectivity index is 2.51. The van der Waals surface area contributed by atoms with Crippen LogP contribution in [0.15, 0.2) is 42.5 Å². The summed E-state index contributed by atoms with van der Waals surface area (Å²) in [5, 5.41) is 11.4. The number of carbonyl (C=O) groups excluding carboxylic acids is 1. The Bertz CT molecular complexity index is 743. The van der Waals surface area contributed by atoms with Gasteiger partial charge in [-0.3, -0.25) is 4.79 Å². The molecule has 1 amide bonds. The molecule has 6 heteroatoms. The van der Waals surface area contributed by atoms with Crippen molar-refractivity contribution in [3.8, 4) is 6.07 Å².